The van der Waals surface area contributed by atoms with Gasteiger partial charge in [-0.3, -0.25) is 4.79 Å². The molecule has 1 aromatic rings. The maximum Gasteiger partial charge on any atom is 0.319 e. The zero-order chi connectivity index (χ0) is 15.8. The van der Waals surface area contributed by atoms with Crippen molar-refractivity contribution >= 4 is 17.7 Å². The van der Waals surface area contributed by atoms with Crippen LogP contribution in [0.25, 0.3) is 0 Å². The van der Waals surface area contributed by atoms with Gasteiger partial charge in [0.25, 0.3) is 0 Å². The summed E-state index contributed by atoms with van der Waals surface area (Å²) in [7, 11) is 1.44. The number of nitrogens with one attached hydrogen (secondary N) is 2. The summed E-state index contributed by atoms with van der Waals surface area (Å²) in [6.07, 6.45) is 0.328. The minimum Gasteiger partial charge on any atom is -0.495 e. The van der Waals surface area contributed by atoms with Crippen LogP contribution in [0.3, 0.4) is 0 Å². The number of aliphatic carboxylic acids is 1. The highest BCUT2D eigenvalue weighted by Crippen LogP contribution is 2.25. The average molecular weight is 291 g/mol. The van der Waals surface area contributed by atoms with Gasteiger partial charge in [-0.2, -0.15) is 5.26 Å². The van der Waals surface area contributed by atoms with E-state index >= 15 is 0 Å². The zero-order valence-electron chi connectivity index (χ0n) is 11.8. The molecule has 0 aromatic heterocycles. The molecule has 7 heteroatoms. The highest BCUT2D eigenvalue weighted by Gasteiger charge is 2.11. The summed E-state index contributed by atoms with van der Waals surface area (Å²) in [5.74, 6) is -0.528. The van der Waals surface area contributed by atoms with Crippen molar-refractivity contribution in [3.63, 3.8) is 0 Å². The molecule has 1 aromatic carbocycles. The number of ether oxygens (including phenoxy) is 1. The SMILES string of the molecule is COc1cc(C#N)ccc1NC(=O)NC(C)CCC(=O)O. The Labute approximate surface area is 122 Å². The molecule has 3 N–H and O–H groups in total. The second kappa shape index (κ2) is 7.75. The van der Waals surface area contributed by atoms with Gasteiger partial charge < -0.3 is 20.5 Å². The summed E-state index contributed by atoms with van der Waals surface area (Å²) >= 11 is 0. The minimum atomic E-state index is -0.905. The Bertz CT molecular complexity index is 566. The highest BCUT2D eigenvalue weighted by molar-refractivity contribution is 5.91. The lowest BCUT2D eigenvalue weighted by atomic mass is 10.2. The predicted octanol–water partition coefficient (Wildman–Crippen LogP) is 1.94. The third-order valence-electron chi connectivity index (χ3n) is 2.75. The molecular formula is C14H17N3O4. The van der Waals surface area contributed by atoms with E-state index < -0.39 is 12.0 Å². The van der Waals surface area contributed by atoms with Gasteiger partial charge >= 0.3 is 12.0 Å². The van der Waals surface area contributed by atoms with E-state index in [4.69, 9.17) is 15.1 Å². The Kier molecular flexibility index (Phi) is 6.01. The molecule has 0 saturated carbocycles. The van der Waals surface area contributed by atoms with Crippen LogP contribution in [0.5, 0.6) is 5.75 Å². The first-order chi connectivity index (χ1) is 9.96. The standard InChI is InChI=1S/C14H17N3O4/c1-9(3-6-13(18)19)16-14(20)17-11-5-4-10(8-15)7-12(11)21-2/h4-5,7,9H,3,6H2,1-2H3,(H,18,19)(H2,16,17,20). The Hall–Kier alpha value is -2.75. The van der Waals surface area contributed by atoms with E-state index in [0.29, 0.717) is 23.4 Å². The molecular weight excluding hydrogens is 274 g/mol. The molecule has 7 nitrogen and oxygen atoms in total. The smallest absolute Gasteiger partial charge is 0.319 e. The average Bonchev–Trinajstić information content (AvgIpc) is 2.45. The Morgan fingerprint density at radius 1 is 1.48 bits per heavy atom. The van der Waals surface area contributed by atoms with Crippen LogP contribution in [-0.4, -0.2) is 30.3 Å². The fourth-order valence-corrected chi connectivity index (χ4v) is 1.66. The van der Waals surface area contributed by atoms with Crippen molar-refractivity contribution in [3.05, 3.63) is 23.8 Å². The number of hydrogen-bond acceptors (Lipinski definition) is 4. The molecule has 0 saturated heterocycles. The minimum absolute atomic E-state index is 0.0123. The number of nitrogens with zero attached hydrogens (tertiary/aromatic N) is 1. The lowest BCUT2D eigenvalue weighted by Crippen LogP contribution is -2.36. The third-order valence-corrected chi connectivity index (χ3v) is 2.75. The summed E-state index contributed by atoms with van der Waals surface area (Å²) in [5.41, 5.74) is 0.854. The van der Waals surface area contributed by atoms with Gasteiger partial charge in [-0.05, 0) is 25.5 Å². The number of carboxylic acid groups (broad SMARTS) is 1. The number of rotatable bonds is 6. The van der Waals surface area contributed by atoms with Crippen molar-refractivity contribution in [1.29, 1.82) is 5.26 Å². The number of amides is 2. The molecule has 0 radical (unpaired) electrons. The van der Waals surface area contributed by atoms with Crippen LogP contribution >= 0.6 is 0 Å². The van der Waals surface area contributed by atoms with Crippen LogP contribution in [0.15, 0.2) is 18.2 Å². The normalized spacial score (nSPS) is 11.1. The van der Waals surface area contributed by atoms with Gasteiger partial charge in [0.1, 0.15) is 5.75 Å². The van der Waals surface area contributed by atoms with E-state index in [-0.39, 0.29) is 12.5 Å². The first-order valence-electron chi connectivity index (χ1n) is 6.33. The van der Waals surface area contributed by atoms with Crippen molar-refractivity contribution < 1.29 is 19.4 Å². The summed E-state index contributed by atoms with van der Waals surface area (Å²) < 4.78 is 5.10. The van der Waals surface area contributed by atoms with E-state index in [1.54, 1.807) is 19.1 Å². The van der Waals surface area contributed by atoms with E-state index in [1.807, 2.05) is 6.07 Å². The van der Waals surface area contributed by atoms with Gasteiger partial charge in [0.15, 0.2) is 0 Å². The fraction of sp³-hybridized carbons (Fsp3) is 0.357. The number of carboxylic acids is 1. The van der Waals surface area contributed by atoms with Crippen molar-refractivity contribution in [1.82, 2.24) is 5.32 Å². The molecule has 1 rings (SSSR count). The molecule has 21 heavy (non-hydrogen) atoms. The molecule has 0 fully saturated rings. The summed E-state index contributed by atoms with van der Waals surface area (Å²) in [4.78, 5) is 22.3. The number of anilines is 1. The van der Waals surface area contributed by atoms with Crippen molar-refractivity contribution in [2.75, 3.05) is 12.4 Å². The highest BCUT2D eigenvalue weighted by atomic mass is 16.5. The van der Waals surface area contributed by atoms with Gasteiger partial charge in [-0.25, -0.2) is 4.79 Å². The number of benzene rings is 1. The molecule has 2 amide bonds. The maximum atomic E-state index is 11.8. The van der Waals surface area contributed by atoms with Crippen LogP contribution in [-0.2, 0) is 4.79 Å². The molecule has 0 aliphatic carbocycles. The van der Waals surface area contributed by atoms with Crippen LogP contribution in [0.2, 0.25) is 0 Å². The van der Waals surface area contributed by atoms with Crippen molar-refractivity contribution in [2.45, 2.75) is 25.8 Å². The van der Waals surface area contributed by atoms with Gasteiger partial charge in [-0.1, -0.05) is 0 Å². The third kappa shape index (κ3) is 5.40. The Balaban J connectivity index is 2.62. The lowest BCUT2D eigenvalue weighted by molar-refractivity contribution is -0.137. The molecule has 1 atom stereocenters. The van der Waals surface area contributed by atoms with Gasteiger partial charge in [-0.15, -0.1) is 0 Å². The first kappa shape index (κ1) is 16.3. The summed E-state index contributed by atoms with van der Waals surface area (Å²) in [6.45, 7) is 1.72. The molecule has 0 spiro atoms. The largest absolute Gasteiger partial charge is 0.495 e. The fourth-order valence-electron chi connectivity index (χ4n) is 1.66. The van der Waals surface area contributed by atoms with E-state index in [2.05, 4.69) is 10.6 Å². The van der Waals surface area contributed by atoms with Gasteiger partial charge in [0, 0.05) is 18.5 Å². The number of carbonyl (C=O) groups excluding carboxylic acids is 1. The number of hydrogen-bond donors (Lipinski definition) is 3. The molecule has 0 aliphatic heterocycles. The van der Waals surface area contributed by atoms with Gasteiger partial charge in [0.05, 0.1) is 24.4 Å². The van der Waals surface area contributed by atoms with E-state index in [9.17, 15) is 9.59 Å². The molecule has 1 unspecified atom stereocenters. The second-order valence-electron chi connectivity index (χ2n) is 4.46. The Morgan fingerprint density at radius 2 is 2.19 bits per heavy atom. The first-order valence-corrected chi connectivity index (χ1v) is 6.33. The van der Waals surface area contributed by atoms with Crippen molar-refractivity contribution in [2.24, 2.45) is 0 Å². The topological polar surface area (TPSA) is 111 Å². The maximum absolute atomic E-state index is 11.8. The molecule has 0 bridgehead atoms. The Morgan fingerprint density at radius 3 is 2.76 bits per heavy atom. The summed E-state index contributed by atoms with van der Waals surface area (Å²) in [6, 6.07) is 5.89. The van der Waals surface area contributed by atoms with Crippen LogP contribution in [0, 0.1) is 11.3 Å². The number of carbonyl (C=O) groups is 2. The van der Waals surface area contributed by atoms with E-state index in [0.717, 1.165) is 0 Å². The van der Waals surface area contributed by atoms with Gasteiger partial charge in [0.2, 0.25) is 0 Å². The molecule has 0 aliphatic rings. The number of nitriles is 1. The monoisotopic (exact) mass is 291 g/mol. The summed E-state index contributed by atoms with van der Waals surface area (Å²) in [5, 5.41) is 22.6. The van der Waals surface area contributed by atoms with Crippen molar-refractivity contribution in [3.8, 4) is 11.8 Å². The van der Waals surface area contributed by atoms with E-state index in [1.165, 1.54) is 13.2 Å². The lowest BCUT2D eigenvalue weighted by Gasteiger charge is -2.15. The molecule has 112 valence electrons. The van der Waals surface area contributed by atoms with Crippen LogP contribution < -0.4 is 15.4 Å². The number of methoxy groups -OCH3 is 1. The van der Waals surface area contributed by atoms with Crippen LogP contribution in [0.1, 0.15) is 25.3 Å². The second-order valence-corrected chi connectivity index (χ2v) is 4.46. The zero-order valence-corrected chi connectivity index (χ0v) is 11.8. The number of urea groups is 1. The van der Waals surface area contributed by atoms with Crippen LogP contribution in [0.4, 0.5) is 10.5 Å². The predicted molar refractivity (Wildman–Crippen MR) is 76.2 cm³/mol. The quantitative estimate of drug-likeness (QED) is 0.741. The molecule has 0 heterocycles.